The molecule has 1 aliphatic heterocycles. The van der Waals surface area contributed by atoms with E-state index in [2.05, 4.69) is 19.9 Å². The molecule has 7 heteroatoms. The largest absolute Gasteiger partial charge is 0.497 e. The molecule has 0 amide bonds. The summed E-state index contributed by atoms with van der Waals surface area (Å²) in [4.78, 5) is 15.5. The minimum Gasteiger partial charge on any atom is -0.497 e. The number of hydrogen-bond acceptors (Lipinski definition) is 6. The molecule has 1 N–H and O–H groups in total. The summed E-state index contributed by atoms with van der Waals surface area (Å²) in [6.07, 6.45) is 14.0. The lowest BCUT2D eigenvalue weighted by Gasteiger charge is -2.41. The van der Waals surface area contributed by atoms with Gasteiger partial charge >= 0.3 is 0 Å². The van der Waals surface area contributed by atoms with Crippen molar-refractivity contribution in [2.75, 3.05) is 33.4 Å². The molecule has 1 aromatic carbocycles. The second-order valence-electron chi connectivity index (χ2n) is 9.12. The average Bonchev–Trinajstić information content (AvgIpc) is 2.86. The molecule has 1 fully saturated rings. The first-order chi connectivity index (χ1) is 16.1. The molecular weight excluding hydrogens is 436 g/mol. The summed E-state index contributed by atoms with van der Waals surface area (Å²) < 4.78 is 5.40. The number of hydrogen-bond donors (Lipinski definition) is 1. The Morgan fingerprint density at radius 3 is 2.67 bits per heavy atom. The number of fused-ring (bicyclic) bond motifs is 1. The van der Waals surface area contributed by atoms with Crippen LogP contribution < -0.4 is 4.74 Å². The van der Waals surface area contributed by atoms with Gasteiger partial charge in [0.05, 0.1) is 23.3 Å². The molecule has 0 aliphatic carbocycles. The van der Waals surface area contributed by atoms with Crippen molar-refractivity contribution in [3.8, 4) is 5.75 Å². The molecule has 0 saturated carbocycles. The van der Waals surface area contributed by atoms with Crippen molar-refractivity contribution in [2.45, 2.75) is 44.9 Å². The number of ether oxygens (including phenoxy) is 1. The fraction of sp³-hybridized carbons (Fsp3) is 0.500. The minimum absolute atomic E-state index is 0.00834. The van der Waals surface area contributed by atoms with Gasteiger partial charge in [0.15, 0.2) is 0 Å². The number of rotatable bonds is 10. The number of benzene rings is 1. The van der Waals surface area contributed by atoms with Crippen LogP contribution in [-0.4, -0.2) is 58.3 Å². The molecule has 3 aromatic rings. The van der Waals surface area contributed by atoms with Crippen molar-refractivity contribution >= 4 is 22.5 Å². The van der Waals surface area contributed by atoms with Crippen molar-refractivity contribution in [3.63, 3.8) is 0 Å². The van der Waals surface area contributed by atoms with E-state index in [9.17, 15) is 5.11 Å². The van der Waals surface area contributed by atoms with Gasteiger partial charge in [0.1, 0.15) is 5.75 Å². The van der Waals surface area contributed by atoms with Crippen molar-refractivity contribution < 1.29 is 9.84 Å². The second-order valence-corrected chi connectivity index (χ2v) is 9.53. The van der Waals surface area contributed by atoms with Gasteiger partial charge in [-0.05, 0) is 93.8 Å². The van der Waals surface area contributed by atoms with Crippen LogP contribution in [0, 0.1) is 5.41 Å². The van der Waals surface area contributed by atoms with Crippen LogP contribution in [0.25, 0.3) is 10.9 Å². The van der Waals surface area contributed by atoms with Gasteiger partial charge in [-0.2, -0.15) is 0 Å². The zero-order valence-electron chi connectivity index (χ0n) is 19.3. The van der Waals surface area contributed by atoms with Gasteiger partial charge in [0.2, 0.25) is 0 Å². The number of halogens is 1. The van der Waals surface area contributed by atoms with Gasteiger partial charge in [-0.1, -0.05) is 11.6 Å². The average molecular weight is 469 g/mol. The summed E-state index contributed by atoms with van der Waals surface area (Å²) in [5.41, 5.74) is 3.12. The van der Waals surface area contributed by atoms with E-state index in [1.54, 1.807) is 25.7 Å². The first-order valence-corrected chi connectivity index (χ1v) is 12.2. The van der Waals surface area contributed by atoms with Crippen LogP contribution in [0.5, 0.6) is 5.75 Å². The predicted octanol–water partition coefficient (Wildman–Crippen LogP) is 4.72. The summed E-state index contributed by atoms with van der Waals surface area (Å²) >= 11 is 6.53. The van der Waals surface area contributed by atoms with Crippen LogP contribution in [-0.2, 0) is 12.8 Å². The number of nitrogens with zero attached hydrogens (tertiary/aromatic N) is 4. The topological polar surface area (TPSA) is 71.4 Å². The third kappa shape index (κ3) is 5.99. The number of aryl methyl sites for hydroxylation is 2. The third-order valence-electron chi connectivity index (χ3n) is 7.04. The van der Waals surface area contributed by atoms with E-state index in [0.717, 1.165) is 92.5 Å². The highest BCUT2D eigenvalue weighted by Crippen LogP contribution is 2.37. The molecule has 1 aliphatic rings. The standard InChI is InChI=1S/C26H33ClN4O2/c1-33-21-6-7-25-23(16-21)22(24(27)18-30-25)5-2-8-26(19-32)9-14-31(15-10-26)13-3-4-20-17-28-11-12-29-20/h6-7,11-12,16-18,32H,2-5,8-10,13-15,19H2,1H3. The van der Waals surface area contributed by atoms with Crippen LogP contribution in [0.1, 0.15) is 43.4 Å². The van der Waals surface area contributed by atoms with Gasteiger partial charge in [0, 0.05) is 36.8 Å². The summed E-state index contributed by atoms with van der Waals surface area (Å²) in [5.74, 6) is 0.811. The molecule has 0 radical (unpaired) electrons. The number of aromatic nitrogens is 3. The first kappa shape index (κ1) is 23.9. The smallest absolute Gasteiger partial charge is 0.119 e. The number of piperidine rings is 1. The third-order valence-corrected chi connectivity index (χ3v) is 7.37. The van der Waals surface area contributed by atoms with E-state index in [1.165, 1.54) is 0 Å². The van der Waals surface area contributed by atoms with Crippen molar-refractivity contribution in [1.82, 2.24) is 19.9 Å². The zero-order chi connectivity index (χ0) is 23.1. The van der Waals surface area contributed by atoms with E-state index in [4.69, 9.17) is 16.3 Å². The molecule has 2 aromatic heterocycles. The summed E-state index contributed by atoms with van der Waals surface area (Å²) in [6, 6.07) is 5.92. The first-order valence-electron chi connectivity index (χ1n) is 11.8. The molecule has 4 rings (SSSR count). The lowest BCUT2D eigenvalue weighted by atomic mass is 9.75. The highest BCUT2D eigenvalue weighted by molar-refractivity contribution is 6.32. The van der Waals surface area contributed by atoms with Crippen molar-refractivity contribution in [2.24, 2.45) is 5.41 Å². The molecular formula is C26H33ClN4O2. The number of methoxy groups -OCH3 is 1. The Morgan fingerprint density at radius 2 is 1.94 bits per heavy atom. The SMILES string of the molecule is COc1ccc2ncc(Cl)c(CCCC3(CO)CCN(CCCc4cnccn4)CC3)c2c1. The van der Waals surface area contributed by atoms with Gasteiger partial charge in [-0.3, -0.25) is 15.0 Å². The fourth-order valence-corrected chi connectivity index (χ4v) is 5.15. The Hall–Kier alpha value is -2.28. The maximum absolute atomic E-state index is 10.3. The highest BCUT2D eigenvalue weighted by atomic mass is 35.5. The molecule has 0 bridgehead atoms. The number of aliphatic hydroxyl groups is 1. The number of pyridine rings is 1. The van der Waals surface area contributed by atoms with E-state index in [1.807, 2.05) is 24.4 Å². The van der Waals surface area contributed by atoms with Crippen molar-refractivity contribution in [3.05, 3.63) is 59.3 Å². The maximum atomic E-state index is 10.3. The Kier molecular flexibility index (Phi) is 8.12. The molecule has 33 heavy (non-hydrogen) atoms. The van der Waals surface area contributed by atoms with E-state index in [0.29, 0.717) is 5.02 Å². The fourth-order valence-electron chi connectivity index (χ4n) is 4.90. The van der Waals surface area contributed by atoms with Crippen LogP contribution in [0.15, 0.2) is 43.0 Å². The lowest BCUT2D eigenvalue weighted by Crippen LogP contribution is -2.42. The summed E-state index contributed by atoms with van der Waals surface area (Å²) in [6.45, 7) is 3.39. The molecule has 3 heterocycles. The van der Waals surface area contributed by atoms with E-state index < -0.39 is 0 Å². The lowest BCUT2D eigenvalue weighted by molar-refractivity contribution is 0.0353. The molecule has 1 saturated heterocycles. The second kappa shape index (κ2) is 11.2. The monoisotopic (exact) mass is 468 g/mol. The normalized spacial score (nSPS) is 16.2. The van der Waals surface area contributed by atoms with Crippen LogP contribution >= 0.6 is 11.6 Å². The molecule has 0 atom stereocenters. The zero-order valence-corrected chi connectivity index (χ0v) is 20.1. The highest BCUT2D eigenvalue weighted by Gasteiger charge is 2.33. The molecule has 176 valence electrons. The predicted molar refractivity (Wildman–Crippen MR) is 132 cm³/mol. The summed E-state index contributed by atoms with van der Waals surface area (Å²) in [5, 5.41) is 12.0. The van der Waals surface area contributed by atoms with Gasteiger partial charge in [0.25, 0.3) is 0 Å². The summed E-state index contributed by atoms with van der Waals surface area (Å²) in [7, 11) is 1.67. The Bertz CT molecular complexity index is 1040. The Labute approximate surface area is 201 Å². The Morgan fingerprint density at radius 1 is 1.09 bits per heavy atom. The number of likely N-dealkylation sites (tertiary alicyclic amines) is 1. The van der Waals surface area contributed by atoms with Crippen LogP contribution in [0.3, 0.4) is 0 Å². The quantitative estimate of drug-likeness (QED) is 0.464. The number of aliphatic hydroxyl groups excluding tert-OH is 1. The maximum Gasteiger partial charge on any atom is 0.119 e. The molecule has 0 spiro atoms. The van der Waals surface area contributed by atoms with E-state index in [-0.39, 0.29) is 12.0 Å². The van der Waals surface area contributed by atoms with Crippen LogP contribution in [0.2, 0.25) is 5.02 Å². The van der Waals surface area contributed by atoms with Gasteiger partial charge in [-0.15, -0.1) is 0 Å². The van der Waals surface area contributed by atoms with Gasteiger partial charge < -0.3 is 14.7 Å². The van der Waals surface area contributed by atoms with Crippen molar-refractivity contribution in [1.29, 1.82) is 0 Å². The molecule has 6 nitrogen and oxygen atoms in total. The van der Waals surface area contributed by atoms with Crippen LogP contribution in [0.4, 0.5) is 0 Å². The van der Waals surface area contributed by atoms with Gasteiger partial charge in [-0.25, -0.2) is 0 Å². The molecule has 0 unspecified atom stereocenters. The minimum atomic E-state index is 0.00834. The Balaban J connectivity index is 1.30. The van der Waals surface area contributed by atoms with E-state index >= 15 is 0 Å².